The molecule has 0 radical (unpaired) electrons. The Bertz CT molecular complexity index is 971. The molecule has 2 N–H and O–H groups in total. The second-order valence-corrected chi connectivity index (χ2v) is 7.45. The maximum absolute atomic E-state index is 13.1. The van der Waals surface area contributed by atoms with Gasteiger partial charge < -0.3 is 19.9 Å². The van der Waals surface area contributed by atoms with Crippen molar-refractivity contribution < 1.29 is 32.5 Å². The lowest BCUT2D eigenvalue weighted by atomic mass is 10.0. The third-order valence-electron chi connectivity index (χ3n) is 5.44. The third kappa shape index (κ3) is 4.13. The second kappa shape index (κ2) is 7.93. The highest BCUT2D eigenvalue weighted by Gasteiger charge is 2.65. The summed E-state index contributed by atoms with van der Waals surface area (Å²) >= 11 is 0. The van der Waals surface area contributed by atoms with E-state index in [1.54, 1.807) is 7.11 Å². The molecule has 1 fully saturated rings. The summed E-state index contributed by atoms with van der Waals surface area (Å²) in [4.78, 5) is 12.6. The second-order valence-electron chi connectivity index (χ2n) is 7.45. The molecule has 0 spiro atoms. The van der Waals surface area contributed by atoms with Crippen LogP contribution in [0.1, 0.15) is 21.5 Å². The Hall–Kier alpha value is -2.98. The van der Waals surface area contributed by atoms with Crippen LogP contribution in [0.25, 0.3) is 0 Å². The molecule has 4 rings (SSSR count). The molecule has 0 amide bonds. The molecule has 10 heteroatoms. The van der Waals surface area contributed by atoms with Gasteiger partial charge in [-0.3, -0.25) is 0 Å². The number of alkyl halides is 3. The minimum absolute atomic E-state index is 0.0732. The highest BCUT2D eigenvalue weighted by Crippen LogP contribution is 2.52. The van der Waals surface area contributed by atoms with Crippen LogP contribution >= 0.6 is 0 Å². The summed E-state index contributed by atoms with van der Waals surface area (Å²) in [7, 11) is 1.57. The van der Waals surface area contributed by atoms with Gasteiger partial charge in [0.1, 0.15) is 18.0 Å². The zero-order chi connectivity index (χ0) is 22.2. The van der Waals surface area contributed by atoms with Gasteiger partial charge >= 0.3 is 17.8 Å². The molecular weight excluding hydrogens is 415 g/mol. The monoisotopic (exact) mass is 435 g/mol. The molecule has 31 heavy (non-hydrogen) atoms. The molecule has 0 aromatic heterocycles. The number of methoxy groups -OCH3 is 1. The molecule has 2 aromatic carbocycles. The van der Waals surface area contributed by atoms with Gasteiger partial charge in [-0.05, 0) is 36.2 Å². The van der Waals surface area contributed by atoms with Crippen molar-refractivity contribution in [2.75, 3.05) is 13.7 Å². The lowest BCUT2D eigenvalue weighted by molar-refractivity contribution is -0.166. The third-order valence-corrected chi connectivity index (χ3v) is 5.44. The Balaban J connectivity index is 1.42. The fourth-order valence-electron chi connectivity index (χ4n) is 3.61. The van der Waals surface area contributed by atoms with Crippen molar-refractivity contribution in [1.29, 1.82) is 0 Å². The first-order valence-electron chi connectivity index (χ1n) is 9.60. The lowest BCUT2D eigenvalue weighted by Gasteiger charge is -2.22. The summed E-state index contributed by atoms with van der Waals surface area (Å²) in [6.45, 7) is 0.259. The summed E-state index contributed by atoms with van der Waals surface area (Å²) in [5.74, 6) is -0.0153. The number of nitrogens with one attached hydrogen (secondary N) is 1. The minimum Gasteiger partial charge on any atom is -0.497 e. The van der Waals surface area contributed by atoms with Gasteiger partial charge in [0.15, 0.2) is 0 Å². The topological polar surface area (TPSA) is 92.5 Å². The fourth-order valence-corrected chi connectivity index (χ4v) is 3.61. The van der Waals surface area contributed by atoms with E-state index in [1.807, 2.05) is 24.3 Å². The van der Waals surface area contributed by atoms with Gasteiger partial charge in [-0.1, -0.05) is 24.3 Å². The smallest absolute Gasteiger partial charge is 0.442 e. The zero-order valence-corrected chi connectivity index (χ0v) is 16.5. The summed E-state index contributed by atoms with van der Waals surface area (Å²) < 4.78 is 49.9. The molecule has 164 valence electrons. The van der Waals surface area contributed by atoms with Crippen LogP contribution in [-0.4, -0.2) is 49.2 Å². The number of aliphatic hydroxyl groups excluding tert-OH is 1. The van der Waals surface area contributed by atoms with Crippen molar-refractivity contribution in [3.05, 3.63) is 65.2 Å². The largest absolute Gasteiger partial charge is 0.497 e. The first kappa shape index (κ1) is 21.3. The van der Waals surface area contributed by atoms with Crippen LogP contribution in [0.15, 0.2) is 58.8 Å². The van der Waals surface area contributed by atoms with Gasteiger partial charge in [0.25, 0.3) is 0 Å². The SMILES string of the molecule is COc1ccc(C[C@H]2NC[C@H](O)[C@H]2OC(=O)c2ccc(C3(C(F)(F)F)N=N3)cc2)cc1. The maximum atomic E-state index is 13.1. The number of hydrogen-bond acceptors (Lipinski definition) is 7. The number of aliphatic hydroxyl groups is 1. The summed E-state index contributed by atoms with van der Waals surface area (Å²) in [5, 5.41) is 19.7. The number of rotatable bonds is 6. The van der Waals surface area contributed by atoms with Crippen molar-refractivity contribution in [2.24, 2.45) is 10.2 Å². The zero-order valence-electron chi connectivity index (χ0n) is 16.5. The average Bonchev–Trinajstić information content (AvgIpc) is 3.52. The summed E-state index contributed by atoms with van der Waals surface area (Å²) in [5.41, 5.74) is -1.67. The number of carbonyl (C=O) groups is 1. The number of benzene rings is 2. The molecule has 1 saturated heterocycles. The van der Waals surface area contributed by atoms with E-state index in [4.69, 9.17) is 9.47 Å². The summed E-state index contributed by atoms with van der Waals surface area (Å²) in [6.07, 6.45) is -5.83. The molecule has 7 nitrogen and oxygen atoms in total. The highest BCUT2D eigenvalue weighted by atomic mass is 19.4. The number of esters is 1. The number of carbonyl (C=O) groups excluding carboxylic acids is 1. The van der Waals surface area contributed by atoms with Gasteiger partial charge in [-0.25, -0.2) is 4.79 Å². The van der Waals surface area contributed by atoms with Gasteiger partial charge in [0.05, 0.1) is 18.7 Å². The Morgan fingerprint density at radius 3 is 2.35 bits per heavy atom. The first-order valence-corrected chi connectivity index (χ1v) is 9.60. The Morgan fingerprint density at radius 2 is 1.81 bits per heavy atom. The van der Waals surface area contributed by atoms with E-state index in [1.165, 1.54) is 12.1 Å². The molecule has 0 aliphatic carbocycles. The molecular formula is C21H20F3N3O4. The standard InChI is InChI=1S/C21H20F3N3O4/c1-30-15-8-2-12(3-9-15)10-16-18(17(28)11-25-16)31-19(29)13-4-6-14(7-5-13)20(26-27-20)21(22,23)24/h2-9,16-18,25,28H,10-11H2,1H3/t16-,17+,18+/m1/s1. The Labute approximate surface area is 175 Å². The van der Waals surface area contributed by atoms with E-state index in [-0.39, 0.29) is 23.7 Å². The van der Waals surface area contributed by atoms with E-state index in [0.717, 1.165) is 17.7 Å². The predicted octanol–water partition coefficient (Wildman–Crippen LogP) is 2.98. The van der Waals surface area contributed by atoms with Gasteiger partial charge in [0, 0.05) is 12.1 Å². The predicted molar refractivity (Wildman–Crippen MR) is 103 cm³/mol. The van der Waals surface area contributed by atoms with E-state index in [9.17, 15) is 23.1 Å². The average molecular weight is 435 g/mol. The van der Waals surface area contributed by atoms with Crippen molar-refractivity contribution in [3.8, 4) is 5.75 Å². The van der Waals surface area contributed by atoms with Crippen molar-refractivity contribution in [1.82, 2.24) is 5.32 Å². The molecule has 2 heterocycles. The van der Waals surface area contributed by atoms with Crippen molar-refractivity contribution in [3.63, 3.8) is 0 Å². The Kier molecular flexibility index (Phi) is 5.44. The fraction of sp³-hybridized carbons (Fsp3) is 0.381. The van der Waals surface area contributed by atoms with Gasteiger partial charge in [-0.15, -0.1) is 10.2 Å². The number of halogens is 3. The lowest BCUT2D eigenvalue weighted by Crippen LogP contribution is -2.39. The van der Waals surface area contributed by atoms with Crippen molar-refractivity contribution >= 4 is 5.97 Å². The molecule has 2 aliphatic heterocycles. The number of ether oxygens (including phenoxy) is 2. The highest BCUT2D eigenvalue weighted by molar-refractivity contribution is 5.89. The van der Waals surface area contributed by atoms with E-state index in [0.29, 0.717) is 12.2 Å². The van der Waals surface area contributed by atoms with E-state index < -0.39 is 30.0 Å². The van der Waals surface area contributed by atoms with E-state index in [2.05, 4.69) is 15.5 Å². The maximum Gasteiger partial charge on any atom is 0.442 e. The quantitative estimate of drug-likeness (QED) is 0.681. The first-order chi connectivity index (χ1) is 14.7. The van der Waals surface area contributed by atoms with Crippen molar-refractivity contribution in [2.45, 2.75) is 36.5 Å². The van der Waals surface area contributed by atoms with Gasteiger partial charge in [-0.2, -0.15) is 13.2 Å². The molecule has 0 unspecified atom stereocenters. The number of β-amino-alcohol motifs (C(OH)–C–C–N with tert-alkyl or cyclic N) is 1. The normalized spacial score (nSPS) is 24.1. The van der Waals surface area contributed by atoms with Crippen LogP contribution in [0.2, 0.25) is 0 Å². The van der Waals surface area contributed by atoms with Crippen LogP contribution in [0, 0.1) is 0 Å². The minimum atomic E-state index is -4.64. The molecule has 2 aliphatic rings. The van der Waals surface area contributed by atoms with E-state index >= 15 is 0 Å². The number of hydrogen-bond donors (Lipinski definition) is 2. The van der Waals surface area contributed by atoms with Gasteiger partial charge in [0.2, 0.25) is 0 Å². The molecule has 0 saturated carbocycles. The van der Waals surface area contributed by atoms with Crippen LogP contribution < -0.4 is 10.1 Å². The molecule has 3 atom stereocenters. The number of nitrogens with zero attached hydrogens (tertiary/aromatic N) is 2. The summed E-state index contributed by atoms with van der Waals surface area (Å²) in [6, 6.07) is 11.9. The van der Waals surface area contributed by atoms with Crippen LogP contribution in [-0.2, 0) is 16.8 Å². The molecule has 0 bridgehead atoms. The Morgan fingerprint density at radius 1 is 1.16 bits per heavy atom. The van der Waals surface area contributed by atoms with Crippen LogP contribution in [0.5, 0.6) is 5.75 Å². The van der Waals surface area contributed by atoms with Crippen LogP contribution in [0.3, 0.4) is 0 Å². The van der Waals surface area contributed by atoms with Crippen LogP contribution in [0.4, 0.5) is 13.2 Å². The molecule has 2 aromatic rings.